The zero-order valence-electron chi connectivity index (χ0n) is 12.9. The fourth-order valence-corrected chi connectivity index (χ4v) is 2.30. The molecule has 3 heteroatoms. The molecule has 0 amide bonds. The van der Waals surface area contributed by atoms with Crippen LogP contribution in [0.2, 0.25) is 0 Å². The molecule has 1 N–H and O–H groups in total. The molecule has 0 bridgehead atoms. The molecule has 0 saturated carbocycles. The second-order valence-corrected chi connectivity index (χ2v) is 5.42. The van der Waals surface area contributed by atoms with Crippen LogP contribution in [0.3, 0.4) is 0 Å². The highest BCUT2D eigenvalue weighted by Crippen LogP contribution is 2.28. The molecule has 0 spiro atoms. The van der Waals surface area contributed by atoms with Gasteiger partial charge in [0.15, 0.2) is 0 Å². The first-order chi connectivity index (χ1) is 9.67. The van der Waals surface area contributed by atoms with Gasteiger partial charge in [0.1, 0.15) is 0 Å². The Morgan fingerprint density at radius 1 is 1.30 bits per heavy atom. The van der Waals surface area contributed by atoms with Crippen molar-refractivity contribution in [2.75, 3.05) is 19.0 Å². The van der Waals surface area contributed by atoms with Crippen molar-refractivity contribution in [3.05, 3.63) is 35.5 Å². The quantitative estimate of drug-likeness (QED) is 0.850. The fourth-order valence-electron chi connectivity index (χ4n) is 2.30. The molecule has 2 aromatic rings. The van der Waals surface area contributed by atoms with Crippen LogP contribution in [0, 0.1) is 0 Å². The molecule has 20 heavy (non-hydrogen) atoms. The number of nitrogens with one attached hydrogen (secondary N) is 1. The first kappa shape index (κ1) is 14.8. The number of hydrogen-bond acceptors (Lipinski definition) is 3. The number of para-hydroxylation sites is 1. The average molecular weight is 272 g/mol. The molecule has 0 unspecified atom stereocenters. The molecule has 108 valence electrons. The van der Waals surface area contributed by atoms with E-state index < -0.39 is 0 Å². The summed E-state index contributed by atoms with van der Waals surface area (Å²) in [7, 11) is 1.72. The van der Waals surface area contributed by atoms with Gasteiger partial charge in [-0.25, -0.2) is 0 Å². The maximum atomic E-state index is 5.30. The predicted molar refractivity (Wildman–Crippen MR) is 85.3 cm³/mol. The number of benzene rings is 1. The molecule has 1 aromatic carbocycles. The lowest BCUT2D eigenvalue weighted by molar-refractivity contribution is 0.186. The topological polar surface area (TPSA) is 34.2 Å². The second kappa shape index (κ2) is 6.71. The van der Waals surface area contributed by atoms with Crippen LogP contribution in [-0.2, 0) is 11.3 Å². The minimum Gasteiger partial charge on any atom is -0.384 e. The number of rotatable bonds is 6. The van der Waals surface area contributed by atoms with E-state index in [0.29, 0.717) is 12.5 Å². The monoisotopic (exact) mass is 272 g/mol. The molecular formula is C17H24N2O. The lowest BCUT2D eigenvalue weighted by Crippen LogP contribution is -2.04. The van der Waals surface area contributed by atoms with E-state index in [2.05, 4.69) is 50.4 Å². The first-order valence-corrected chi connectivity index (χ1v) is 7.32. The van der Waals surface area contributed by atoms with Crippen molar-refractivity contribution < 1.29 is 4.74 Å². The van der Waals surface area contributed by atoms with Gasteiger partial charge in [0, 0.05) is 36.0 Å². The molecule has 1 heterocycles. The summed E-state index contributed by atoms with van der Waals surface area (Å²) in [6.45, 7) is 8.10. The van der Waals surface area contributed by atoms with Gasteiger partial charge in [-0.15, -0.1) is 0 Å². The minimum atomic E-state index is 0.414. The molecule has 0 atom stereocenters. The van der Waals surface area contributed by atoms with Crippen molar-refractivity contribution in [3.8, 4) is 0 Å². The average Bonchev–Trinajstić information content (AvgIpc) is 2.45. The molecule has 1 aromatic heterocycles. The summed E-state index contributed by atoms with van der Waals surface area (Å²) in [6.07, 6.45) is 1.11. The number of pyridine rings is 1. The Hall–Kier alpha value is -1.61. The third-order valence-electron chi connectivity index (χ3n) is 3.40. The van der Waals surface area contributed by atoms with E-state index in [1.807, 2.05) is 0 Å². The summed E-state index contributed by atoms with van der Waals surface area (Å²) in [5.41, 5.74) is 4.50. The molecule has 0 saturated heterocycles. The maximum absolute atomic E-state index is 5.30. The summed E-state index contributed by atoms with van der Waals surface area (Å²) in [6, 6.07) is 8.47. The van der Waals surface area contributed by atoms with Gasteiger partial charge in [0.25, 0.3) is 0 Å². The number of aromatic nitrogens is 1. The standard InChI is InChI=1S/C17H24N2O/c1-5-9-18-16-10-15(12(2)3)19-17-13(11-20-4)7-6-8-14(16)17/h6-8,10,12H,5,9,11H2,1-4H3,(H,18,19). The van der Waals surface area contributed by atoms with Crippen molar-refractivity contribution in [2.24, 2.45) is 0 Å². The van der Waals surface area contributed by atoms with Crippen LogP contribution in [0.1, 0.15) is 44.4 Å². The van der Waals surface area contributed by atoms with Gasteiger partial charge >= 0.3 is 0 Å². The van der Waals surface area contributed by atoms with Gasteiger partial charge < -0.3 is 10.1 Å². The lowest BCUT2D eigenvalue weighted by atomic mass is 10.0. The van der Waals surface area contributed by atoms with E-state index in [4.69, 9.17) is 9.72 Å². The van der Waals surface area contributed by atoms with Gasteiger partial charge in [0.2, 0.25) is 0 Å². The van der Waals surface area contributed by atoms with Gasteiger partial charge in [-0.05, 0) is 18.4 Å². The highest BCUT2D eigenvalue weighted by molar-refractivity contribution is 5.93. The van der Waals surface area contributed by atoms with Crippen LogP contribution in [0.5, 0.6) is 0 Å². The number of methoxy groups -OCH3 is 1. The van der Waals surface area contributed by atoms with Gasteiger partial charge in [-0.1, -0.05) is 39.0 Å². The van der Waals surface area contributed by atoms with Crippen molar-refractivity contribution >= 4 is 16.6 Å². The SMILES string of the molecule is CCCNc1cc(C(C)C)nc2c(COC)cccc12. The van der Waals surface area contributed by atoms with E-state index in [1.54, 1.807) is 7.11 Å². The molecule has 0 aliphatic heterocycles. The number of fused-ring (bicyclic) bond motifs is 1. The van der Waals surface area contributed by atoms with Crippen LogP contribution < -0.4 is 5.32 Å². The maximum Gasteiger partial charge on any atom is 0.0781 e. The van der Waals surface area contributed by atoms with Crippen LogP contribution >= 0.6 is 0 Å². The fraction of sp³-hybridized carbons (Fsp3) is 0.471. The molecule has 3 nitrogen and oxygen atoms in total. The van der Waals surface area contributed by atoms with E-state index in [0.717, 1.165) is 29.7 Å². The normalized spacial score (nSPS) is 11.2. The summed E-state index contributed by atoms with van der Waals surface area (Å²) in [5.74, 6) is 0.414. The van der Waals surface area contributed by atoms with Crippen LogP contribution in [0.25, 0.3) is 10.9 Å². The van der Waals surface area contributed by atoms with Gasteiger partial charge in [-0.3, -0.25) is 4.98 Å². The lowest BCUT2D eigenvalue weighted by Gasteiger charge is -2.15. The van der Waals surface area contributed by atoms with Gasteiger partial charge in [0.05, 0.1) is 12.1 Å². The van der Waals surface area contributed by atoms with E-state index in [-0.39, 0.29) is 0 Å². The van der Waals surface area contributed by atoms with Gasteiger partial charge in [-0.2, -0.15) is 0 Å². The van der Waals surface area contributed by atoms with Crippen molar-refractivity contribution in [2.45, 2.75) is 39.7 Å². The number of ether oxygens (including phenoxy) is 1. The van der Waals surface area contributed by atoms with E-state index in [9.17, 15) is 0 Å². The number of nitrogens with zero attached hydrogens (tertiary/aromatic N) is 1. The zero-order valence-corrected chi connectivity index (χ0v) is 12.9. The third kappa shape index (κ3) is 3.10. The van der Waals surface area contributed by atoms with Crippen molar-refractivity contribution in [3.63, 3.8) is 0 Å². The summed E-state index contributed by atoms with van der Waals surface area (Å²) < 4.78 is 5.30. The Morgan fingerprint density at radius 3 is 2.75 bits per heavy atom. The summed E-state index contributed by atoms with van der Waals surface area (Å²) in [5, 5.41) is 4.70. The molecule has 2 rings (SSSR count). The number of anilines is 1. The Morgan fingerprint density at radius 2 is 2.10 bits per heavy atom. The molecule has 0 aliphatic rings. The van der Waals surface area contributed by atoms with Crippen LogP contribution in [-0.4, -0.2) is 18.6 Å². The highest BCUT2D eigenvalue weighted by Gasteiger charge is 2.11. The predicted octanol–water partition coefficient (Wildman–Crippen LogP) is 4.33. The Balaban J connectivity index is 2.60. The van der Waals surface area contributed by atoms with E-state index in [1.165, 1.54) is 11.1 Å². The second-order valence-electron chi connectivity index (χ2n) is 5.42. The third-order valence-corrected chi connectivity index (χ3v) is 3.40. The molecule has 0 fully saturated rings. The Kier molecular flexibility index (Phi) is 4.96. The minimum absolute atomic E-state index is 0.414. The van der Waals surface area contributed by atoms with Crippen LogP contribution in [0.15, 0.2) is 24.3 Å². The molecular weight excluding hydrogens is 248 g/mol. The Labute approximate surface area is 121 Å². The molecule has 0 aliphatic carbocycles. The summed E-state index contributed by atoms with van der Waals surface area (Å²) in [4.78, 5) is 4.84. The zero-order chi connectivity index (χ0) is 14.5. The van der Waals surface area contributed by atoms with Crippen LogP contribution in [0.4, 0.5) is 5.69 Å². The van der Waals surface area contributed by atoms with Crippen molar-refractivity contribution in [1.29, 1.82) is 0 Å². The number of hydrogen-bond donors (Lipinski definition) is 1. The van der Waals surface area contributed by atoms with Crippen molar-refractivity contribution in [1.82, 2.24) is 4.98 Å². The highest BCUT2D eigenvalue weighted by atomic mass is 16.5. The summed E-state index contributed by atoms with van der Waals surface area (Å²) >= 11 is 0. The first-order valence-electron chi connectivity index (χ1n) is 7.32. The smallest absolute Gasteiger partial charge is 0.0781 e. The van der Waals surface area contributed by atoms with E-state index >= 15 is 0 Å². The Bertz CT molecular complexity index is 578. The largest absolute Gasteiger partial charge is 0.384 e. The molecule has 0 radical (unpaired) electrons.